The summed E-state index contributed by atoms with van der Waals surface area (Å²) in [5.74, 6) is 0.799. The van der Waals surface area contributed by atoms with E-state index in [0.29, 0.717) is 35.6 Å². The molecule has 0 aliphatic heterocycles. The number of ether oxygens (including phenoxy) is 2. The van der Waals surface area contributed by atoms with Gasteiger partial charge in [0.05, 0.1) is 29.8 Å². The number of pyridine rings is 1. The van der Waals surface area contributed by atoms with Crippen molar-refractivity contribution in [2.75, 3.05) is 33.9 Å². The minimum absolute atomic E-state index is 0.127. The summed E-state index contributed by atoms with van der Waals surface area (Å²) >= 11 is 6.52. The molecule has 234 valence electrons. The summed E-state index contributed by atoms with van der Waals surface area (Å²) in [5.41, 5.74) is 6.59. The molecule has 1 amide bonds. The molecule has 2 fully saturated rings. The molecule has 2 aliphatic rings. The number of hydrogen-bond donors (Lipinski definition) is 1. The Morgan fingerprint density at radius 2 is 1.75 bits per heavy atom. The summed E-state index contributed by atoms with van der Waals surface area (Å²) in [6.07, 6.45) is 7.95. The Morgan fingerprint density at radius 1 is 0.955 bits per heavy atom. The van der Waals surface area contributed by atoms with Crippen LogP contribution in [0.4, 0.5) is 0 Å². The molecule has 8 nitrogen and oxygen atoms in total. The number of hydroxylamine groups is 1. The van der Waals surface area contributed by atoms with Gasteiger partial charge in [0.1, 0.15) is 17.2 Å². The van der Waals surface area contributed by atoms with Crippen LogP contribution in [0.1, 0.15) is 67.4 Å². The Bertz CT molecular complexity index is 1470. The molecule has 1 heterocycles. The number of rotatable bonds is 12. The standard InChI is InChI=1S/C35H42ClN3O5/c1-23-10-14-27(43-22-24-11-12-24)21-29(23)28-15-17-31(34(40)38-44-35(41)25-8-5-4-6-9-25)37-33(28)26-13-16-30(36)32(20-26)42-19-7-18-39(2)3/h10,13-17,20-21,24-25H,4-9,11-12,18-19,22H2,1-3H3,(H,38,40). The second-order valence-corrected chi connectivity index (χ2v) is 12.6. The monoisotopic (exact) mass is 619 g/mol. The van der Waals surface area contributed by atoms with Gasteiger partial charge in [-0.3, -0.25) is 4.79 Å². The van der Waals surface area contributed by atoms with Gasteiger partial charge in [0.15, 0.2) is 0 Å². The number of carbonyl (C=O) groups is 2. The van der Waals surface area contributed by atoms with Crippen molar-refractivity contribution in [2.45, 2.75) is 58.3 Å². The minimum atomic E-state index is -0.589. The van der Waals surface area contributed by atoms with E-state index in [2.05, 4.69) is 10.4 Å². The molecule has 2 aliphatic carbocycles. The van der Waals surface area contributed by atoms with Crippen molar-refractivity contribution in [3.05, 3.63) is 64.8 Å². The van der Waals surface area contributed by atoms with Gasteiger partial charge in [0, 0.05) is 17.7 Å². The number of nitrogens with one attached hydrogen (secondary N) is 1. The normalized spacial score (nSPS) is 15.2. The van der Waals surface area contributed by atoms with Crippen LogP contribution in [0, 0.1) is 18.8 Å². The lowest BCUT2D eigenvalue weighted by molar-refractivity contribution is -0.155. The number of amides is 1. The Labute approximate surface area is 265 Å². The molecule has 0 radical (unpaired) electrons. The van der Waals surface area contributed by atoms with E-state index < -0.39 is 11.9 Å². The molecule has 0 unspecified atom stereocenters. The van der Waals surface area contributed by atoms with Crippen molar-refractivity contribution < 1.29 is 23.9 Å². The molecule has 0 atom stereocenters. The third kappa shape index (κ3) is 8.51. The summed E-state index contributed by atoms with van der Waals surface area (Å²) in [5, 5.41) is 0.496. The van der Waals surface area contributed by atoms with E-state index >= 15 is 0 Å². The highest BCUT2D eigenvalue weighted by molar-refractivity contribution is 6.32. The fourth-order valence-corrected chi connectivity index (χ4v) is 5.57. The van der Waals surface area contributed by atoms with Crippen LogP contribution in [0.25, 0.3) is 22.4 Å². The summed E-state index contributed by atoms with van der Waals surface area (Å²) < 4.78 is 12.1. The average Bonchev–Trinajstić information content (AvgIpc) is 3.87. The largest absolute Gasteiger partial charge is 0.493 e. The van der Waals surface area contributed by atoms with Crippen molar-refractivity contribution >= 4 is 23.5 Å². The predicted molar refractivity (Wildman–Crippen MR) is 172 cm³/mol. The molecule has 0 bridgehead atoms. The van der Waals surface area contributed by atoms with E-state index in [4.69, 9.17) is 30.9 Å². The zero-order valence-electron chi connectivity index (χ0n) is 25.9. The van der Waals surface area contributed by atoms with E-state index in [9.17, 15) is 9.59 Å². The lowest BCUT2D eigenvalue weighted by Gasteiger charge is -2.19. The third-order valence-corrected chi connectivity index (χ3v) is 8.52. The van der Waals surface area contributed by atoms with Crippen LogP contribution in [0.3, 0.4) is 0 Å². The van der Waals surface area contributed by atoms with Gasteiger partial charge in [-0.15, -0.1) is 0 Å². The zero-order chi connectivity index (χ0) is 31.1. The number of benzene rings is 2. The van der Waals surface area contributed by atoms with E-state index in [1.54, 1.807) is 12.1 Å². The summed E-state index contributed by atoms with van der Waals surface area (Å²) in [4.78, 5) is 37.8. The van der Waals surface area contributed by atoms with Gasteiger partial charge in [-0.05, 0) is 107 Å². The van der Waals surface area contributed by atoms with E-state index in [1.165, 1.54) is 12.8 Å². The van der Waals surface area contributed by atoms with Crippen LogP contribution in [0.2, 0.25) is 5.02 Å². The Morgan fingerprint density at radius 3 is 2.50 bits per heavy atom. The second kappa shape index (κ2) is 14.9. The van der Waals surface area contributed by atoms with Crippen molar-refractivity contribution in [3.63, 3.8) is 0 Å². The molecule has 2 saturated carbocycles. The highest BCUT2D eigenvalue weighted by Gasteiger charge is 2.25. The maximum atomic E-state index is 13.2. The number of halogens is 1. The molecular weight excluding hydrogens is 578 g/mol. The van der Waals surface area contributed by atoms with Gasteiger partial charge < -0.3 is 19.2 Å². The minimum Gasteiger partial charge on any atom is -0.493 e. The van der Waals surface area contributed by atoms with Crippen LogP contribution in [-0.2, 0) is 9.63 Å². The maximum Gasteiger partial charge on any atom is 0.335 e. The highest BCUT2D eigenvalue weighted by Crippen LogP contribution is 2.38. The summed E-state index contributed by atoms with van der Waals surface area (Å²) in [6.45, 7) is 4.15. The molecule has 1 aromatic heterocycles. The van der Waals surface area contributed by atoms with Crippen molar-refractivity contribution in [3.8, 4) is 33.9 Å². The van der Waals surface area contributed by atoms with Crippen LogP contribution in [0.5, 0.6) is 11.5 Å². The smallest absolute Gasteiger partial charge is 0.335 e. The average molecular weight is 620 g/mol. The number of nitrogens with zero attached hydrogens (tertiary/aromatic N) is 2. The van der Waals surface area contributed by atoms with Gasteiger partial charge in [-0.2, -0.15) is 5.48 Å². The first-order valence-corrected chi connectivity index (χ1v) is 16.0. The third-order valence-electron chi connectivity index (χ3n) is 8.20. The lowest BCUT2D eigenvalue weighted by atomic mass is 9.89. The SMILES string of the molecule is Cc1ccc(OCC2CC2)cc1-c1ccc(C(=O)NOC(=O)C2CCCCC2)nc1-c1ccc(Cl)c(OCCCN(C)C)c1. The predicted octanol–water partition coefficient (Wildman–Crippen LogP) is 7.27. The Balaban J connectivity index is 1.44. The summed E-state index contributed by atoms with van der Waals surface area (Å²) in [7, 11) is 4.05. The summed E-state index contributed by atoms with van der Waals surface area (Å²) in [6, 6.07) is 15.1. The molecule has 1 N–H and O–H groups in total. The quantitative estimate of drug-likeness (QED) is 0.168. The van der Waals surface area contributed by atoms with Gasteiger partial charge >= 0.3 is 11.9 Å². The molecule has 0 saturated heterocycles. The van der Waals surface area contributed by atoms with Crippen LogP contribution >= 0.6 is 11.6 Å². The highest BCUT2D eigenvalue weighted by atomic mass is 35.5. The molecule has 2 aromatic carbocycles. The molecular formula is C35H42ClN3O5. The number of hydrogen-bond acceptors (Lipinski definition) is 7. The van der Waals surface area contributed by atoms with Gasteiger partial charge in [-0.25, -0.2) is 9.78 Å². The second-order valence-electron chi connectivity index (χ2n) is 12.2. The first-order chi connectivity index (χ1) is 21.3. The topological polar surface area (TPSA) is 90.0 Å². The molecule has 0 spiro atoms. The van der Waals surface area contributed by atoms with Crippen molar-refractivity contribution in [1.82, 2.24) is 15.4 Å². The molecule has 9 heteroatoms. The first kappa shape index (κ1) is 31.8. The number of carbonyl (C=O) groups excluding carboxylic acids is 2. The maximum absolute atomic E-state index is 13.2. The lowest BCUT2D eigenvalue weighted by Crippen LogP contribution is -2.31. The van der Waals surface area contributed by atoms with Crippen LogP contribution < -0.4 is 15.0 Å². The van der Waals surface area contributed by atoms with Crippen molar-refractivity contribution in [2.24, 2.45) is 11.8 Å². The van der Waals surface area contributed by atoms with Crippen LogP contribution in [-0.4, -0.2) is 55.6 Å². The Kier molecular flexibility index (Phi) is 10.8. The van der Waals surface area contributed by atoms with E-state index in [0.717, 1.165) is 73.1 Å². The van der Waals surface area contributed by atoms with Gasteiger partial charge in [0.25, 0.3) is 0 Å². The van der Waals surface area contributed by atoms with E-state index in [1.807, 2.05) is 57.4 Å². The first-order valence-electron chi connectivity index (χ1n) is 15.6. The van der Waals surface area contributed by atoms with Crippen molar-refractivity contribution in [1.29, 1.82) is 0 Å². The molecule has 5 rings (SSSR count). The fourth-order valence-electron chi connectivity index (χ4n) is 5.40. The van der Waals surface area contributed by atoms with E-state index in [-0.39, 0.29) is 11.6 Å². The van der Waals surface area contributed by atoms with Gasteiger partial charge in [-0.1, -0.05) is 43.0 Å². The molecule has 44 heavy (non-hydrogen) atoms. The Hall–Kier alpha value is -3.62. The fraction of sp³-hybridized carbons (Fsp3) is 0.457. The van der Waals surface area contributed by atoms with Gasteiger partial charge in [0.2, 0.25) is 0 Å². The number of aryl methyl sites for hydroxylation is 1. The van der Waals surface area contributed by atoms with Crippen LogP contribution in [0.15, 0.2) is 48.5 Å². The molecule has 3 aromatic rings. The zero-order valence-corrected chi connectivity index (χ0v) is 26.6. The number of aromatic nitrogens is 1.